The Morgan fingerprint density at radius 1 is 1.25 bits per heavy atom. The zero-order valence-electron chi connectivity index (χ0n) is 15.5. The Kier molecular flexibility index (Phi) is 5.45. The van der Waals surface area contributed by atoms with Crippen LogP contribution in [0, 0.1) is 0 Å². The molecule has 144 valence electrons. The Morgan fingerprint density at radius 3 is 3.00 bits per heavy atom. The molecule has 0 aromatic carbocycles. The molecule has 4 heterocycles. The molecule has 9 heteroatoms. The van der Waals surface area contributed by atoms with E-state index in [1.807, 2.05) is 18.2 Å². The lowest BCUT2D eigenvalue weighted by atomic mass is 10.2. The van der Waals surface area contributed by atoms with E-state index in [1.165, 1.54) is 5.56 Å². The molecular formula is C19H21N7OS. The molecule has 0 fully saturated rings. The van der Waals surface area contributed by atoms with E-state index in [0.29, 0.717) is 24.7 Å². The Balaban J connectivity index is 1.65. The van der Waals surface area contributed by atoms with Crippen LogP contribution in [0.25, 0.3) is 22.4 Å². The largest absolute Gasteiger partial charge is 0.368 e. The molecule has 4 aromatic rings. The van der Waals surface area contributed by atoms with Gasteiger partial charge in [-0.25, -0.2) is 14.6 Å². The second-order valence-corrected chi connectivity index (χ2v) is 7.02. The van der Waals surface area contributed by atoms with Crippen molar-refractivity contribution in [3.8, 4) is 11.4 Å². The smallest absolute Gasteiger partial charge is 0.222 e. The van der Waals surface area contributed by atoms with Gasteiger partial charge < -0.3 is 15.8 Å². The lowest BCUT2D eigenvalue weighted by Gasteiger charge is -2.06. The third-order valence-electron chi connectivity index (χ3n) is 4.12. The van der Waals surface area contributed by atoms with Crippen LogP contribution in [-0.2, 0) is 18.0 Å². The van der Waals surface area contributed by atoms with E-state index >= 15 is 0 Å². The summed E-state index contributed by atoms with van der Waals surface area (Å²) in [6.07, 6.45) is 2.62. The molecule has 0 aliphatic rings. The van der Waals surface area contributed by atoms with Crippen LogP contribution >= 0.6 is 11.3 Å². The average molecular weight is 395 g/mol. The summed E-state index contributed by atoms with van der Waals surface area (Å²) < 4.78 is 7.34. The van der Waals surface area contributed by atoms with Crippen molar-refractivity contribution in [2.24, 2.45) is 0 Å². The van der Waals surface area contributed by atoms with Crippen LogP contribution in [0.3, 0.4) is 0 Å². The number of thiophene rings is 1. The zero-order chi connectivity index (χ0) is 19.3. The molecule has 4 rings (SSSR count). The molecular weight excluding hydrogens is 374 g/mol. The van der Waals surface area contributed by atoms with Crippen molar-refractivity contribution < 1.29 is 4.74 Å². The predicted octanol–water partition coefficient (Wildman–Crippen LogP) is 3.53. The van der Waals surface area contributed by atoms with E-state index in [9.17, 15) is 0 Å². The standard InChI is InChI=1S/C19H21N7OS/c1-2-7-27-12-26-18-14(10-22-19(20)24-18)17(25-26)15-4-3-5-16(23-15)21-9-13-6-8-28-11-13/h3-6,8,10-11H,2,7,9,12H2,1H3,(H,21,23)(H2,20,22,24). The summed E-state index contributed by atoms with van der Waals surface area (Å²) in [6.45, 7) is 3.74. The highest BCUT2D eigenvalue weighted by Crippen LogP contribution is 2.26. The lowest BCUT2D eigenvalue weighted by Crippen LogP contribution is -2.07. The summed E-state index contributed by atoms with van der Waals surface area (Å²) in [5.41, 5.74) is 9.08. The van der Waals surface area contributed by atoms with Crippen molar-refractivity contribution in [1.29, 1.82) is 0 Å². The van der Waals surface area contributed by atoms with Gasteiger partial charge in [0.15, 0.2) is 5.65 Å². The molecule has 0 aliphatic carbocycles. The number of nitrogen functional groups attached to an aromatic ring is 1. The fourth-order valence-corrected chi connectivity index (χ4v) is 3.47. The first-order valence-electron chi connectivity index (χ1n) is 9.03. The van der Waals surface area contributed by atoms with E-state index in [4.69, 9.17) is 15.5 Å². The van der Waals surface area contributed by atoms with Crippen molar-refractivity contribution in [3.63, 3.8) is 0 Å². The van der Waals surface area contributed by atoms with Crippen LogP contribution in [0.5, 0.6) is 0 Å². The summed E-state index contributed by atoms with van der Waals surface area (Å²) >= 11 is 1.68. The van der Waals surface area contributed by atoms with Crippen molar-refractivity contribution in [2.45, 2.75) is 26.6 Å². The van der Waals surface area contributed by atoms with Gasteiger partial charge in [0.1, 0.15) is 18.2 Å². The minimum atomic E-state index is 0.204. The number of nitrogens with one attached hydrogen (secondary N) is 1. The van der Waals surface area contributed by atoms with Gasteiger partial charge in [0.25, 0.3) is 0 Å². The fraction of sp³-hybridized carbons (Fsp3) is 0.263. The maximum absolute atomic E-state index is 5.78. The quantitative estimate of drug-likeness (QED) is 0.440. The average Bonchev–Trinajstić information content (AvgIpc) is 3.35. The molecule has 0 amide bonds. The molecule has 28 heavy (non-hydrogen) atoms. The number of aromatic nitrogens is 5. The first-order chi connectivity index (χ1) is 13.7. The van der Waals surface area contributed by atoms with E-state index in [2.05, 4.69) is 44.1 Å². The van der Waals surface area contributed by atoms with Crippen LogP contribution in [0.4, 0.5) is 11.8 Å². The number of ether oxygens (including phenoxy) is 1. The summed E-state index contributed by atoms with van der Waals surface area (Å²) in [5, 5.41) is 13.0. The first kappa shape index (κ1) is 18.3. The molecule has 8 nitrogen and oxygen atoms in total. The number of nitrogens with two attached hydrogens (primary N) is 1. The summed E-state index contributed by atoms with van der Waals surface area (Å²) in [4.78, 5) is 13.2. The van der Waals surface area contributed by atoms with Gasteiger partial charge in [-0.2, -0.15) is 21.4 Å². The van der Waals surface area contributed by atoms with E-state index < -0.39 is 0 Å². The van der Waals surface area contributed by atoms with Crippen LogP contribution in [0.15, 0.2) is 41.2 Å². The van der Waals surface area contributed by atoms with Crippen molar-refractivity contribution in [3.05, 3.63) is 46.8 Å². The molecule has 0 unspecified atom stereocenters. The number of fused-ring (bicyclic) bond motifs is 1. The highest BCUT2D eigenvalue weighted by atomic mass is 32.1. The highest BCUT2D eigenvalue weighted by molar-refractivity contribution is 7.07. The van der Waals surface area contributed by atoms with Gasteiger partial charge in [0.05, 0.1) is 11.1 Å². The van der Waals surface area contributed by atoms with Crippen molar-refractivity contribution >= 4 is 34.1 Å². The van der Waals surface area contributed by atoms with Gasteiger partial charge in [-0.15, -0.1) is 0 Å². The van der Waals surface area contributed by atoms with E-state index in [1.54, 1.807) is 22.2 Å². The van der Waals surface area contributed by atoms with Gasteiger partial charge in [-0.05, 0) is 40.9 Å². The van der Waals surface area contributed by atoms with E-state index in [-0.39, 0.29) is 5.95 Å². The summed E-state index contributed by atoms with van der Waals surface area (Å²) in [5.74, 6) is 0.986. The van der Waals surface area contributed by atoms with Crippen molar-refractivity contribution in [1.82, 2.24) is 24.7 Å². The fourth-order valence-electron chi connectivity index (χ4n) is 2.80. The van der Waals surface area contributed by atoms with Crippen molar-refractivity contribution in [2.75, 3.05) is 17.7 Å². The van der Waals surface area contributed by atoms with Crippen LogP contribution < -0.4 is 11.1 Å². The SMILES string of the molecule is CCCOCn1nc(-c2cccc(NCc3ccsc3)n2)c2cnc(N)nc21. The highest BCUT2D eigenvalue weighted by Gasteiger charge is 2.16. The van der Waals surface area contributed by atoms with Gasteiger partial charge in [0, 0.05) is 19.3 Å². The number of pyridine rings is 1. The molecule has 0 spiro atoms. The van der Waals surface area contributed by atoms with Crippen LogP contribution in [0.2, 0.25) is 0 Å². The van der Waals surface area contributed by atoms with Gasteiger partial charge in [0.2, 0.25) is 5.95 Å². The second kappa shape index (κ2) is 8.32. The Labute approximate surface area is 166 Å². The topological polar surface area (TPSA) is 104 Å². The van der Waals surface area contributed by atoms with Crippen LogP contribution in [0.1, 0.15) is 18.9 Å². The van der Waals surface area contributed by atoms with Gasteiger partial charge in [-0.3, -0.25) is 0 Å². The molecule has 0 atom stereocenters. The Hall–Kier alpha value is -3.04. The number of nitrogens with zero attached hydrogens (tertiary/aromatic N) is 5. The van der Waals surface area contributed by atoms with Crippen LogP contribution in [-0.4, -0.2) is 31.3 Å². The molecule has 0 saturated heterocycles. The second-order valence-electron chi connectivity index (χ2n) is 6.24. The molecule has 0 radical (unpaired) electrons. The lowest BCUT2D eigenvalue weighted by molar-refractivity contribution is 0.0721. The Morgan fingerprint density at radius 2 is 2.18 bits per heavy atom. The normalized spacial score (nSPS) is 11.2. The van der Waals surface area contributed by atoms with Gasteiger partial charge >= 0.3 is 0 Å². The number of rotatable bonds is 8. The number of anilines is 2. The monoisotopic (exact) mass is 395 g/mol. The maximum Gasteiger partial charge on any atom is 0.222 e. The predicted molar refractivity (Wildman–Crippen MR) is 111 cm³/mol. The number of hydrogen-bond acceptors (Lipinski definition) is 8. The maximum atomic E-state index is 5.78. The minimum absolute atomic E-state index is 0.204. The molecule has 0 bridgehead atoms. The molecule has 0 aliphatic heterocycles. The molecule has 3 N–H and O–H groups in total. The molecule has 0 saturated carbocycles. The van der Waals surface area contributed by atoms with E-state index in [0.717, 1.165) is 29.9 Å². The summed E-state index contributed by atoms with van der Waals surface area (Å²) in [7, 11) is 0. The first-order valence-corrected chi connectivity index (χ1v) is 9.98. The molecule has 4 aromatic heterocycles. The summed E-state index contributed by atoms with van der Waals surface area (Å²) in [6, 6.07) is 7.91. The number of hydrogen-bond donors (Lipinski definition) is 2. The van der Waals surface area contributed by atoms with Gasteiger partial charge in [-0.1, -0.05) is 13.0 Å². The Bertz CT molecular complexity index is 1060. The third kappa shape index (κ3) is 3.95. The zero-order valence-corrected chi connectivity index (χ0v) is 16.3. The third-order valence-corrected chi connectivity index (χ3v) is 4.85. The minimum Gasteiger partial charge on any atom is -0.368 e.